The summed E-state index contributed by atoms with van der Waals surface area (Å²) in [6.45, 7) is 0. The third-order valence-electron chi connectivity index (χ3n) is 5.50. The fraction of sp³-hybridized carbons (Fsp3) is 0.125. The molecule has 11 heteroatoms. The van der Waals surface area contributed by atoms with Crippen LogP contribution in [0.5, 0.6) is 0 Å². The highest BCUT2D eigenvalue weighted by Crippen LogP contribution is 2.43. The number of anilines is 1. The second-order valence-corrected chi connectivity index (χ2v) is 7.34. The van der Waals surface area contributed by atoms with E-state index < -0.39 is 23.7 Å². The zero-order valence-corrected chi connectivity index (χ0v) is 18.7. The topological polar surface area (TPSA) is 136 Å². The number of nitrogens with two attached hydrogens (primary N) is 1. The first kappa shape index (κ1) is 23.2. The number of hydrogen-bond acceptors (Lipinski definition) is 9. The second kappa shape index (κ2) is 9.48. The molecular weight excluding hydrogens is 455 g/mol. The Morgan fingerprint density at radius 2 is 1.71 bits per heavy atom. The lowest BCUT2D eigenvalue weighted by molar-refractivity contribution is -0.139. The van der Waals surface area contributed by atoms with Crippen molar-refractivity contribution in [2.45, 2.75) is 5.92 Å². The number of methoxy groups -OCH3 is 2. The first-order chi connectivity index (χ1) is 16.9. The Morgan fingerprint density at radius 1 is 1.06 bits per heavy atom. The van der Waals surface area contributed by atoms with E-state index in [1.807, 2.05) is 6.07 Å². The van der Waals surface area contributed by atoms with Crippen LogP contribution in [0.15, 0.2) is 83.8 Å². The van der Waals surface area contributed by atoms with Crippen LogP contribution in [0, 0.1) is 17.1 Å². The maximum Gasteiger partial charge on any atom is 0.355 e. The molecule has 0 aliphatic carbocycles. The van der Waals surface area contributed by atoms with Crippen LogP contribution in [0.2, 0.25) is 0 Å². The van der Waals surface area contributed by atoms with Gasteiger partial charge in [-0.1, -0.05) is 30.3 Å². The molecule has 2 N–H and O–H groups in total. The summed E-state index contributed by atoms with van der Waals surface area (Å²) in [7, 11) is 2.25. The van der Waals surface area contributed by atoms with E-state index in [0.717, 1.165) is 25.2 Å². The summed E-state index contributed by atoms with van der Waals surface area (Å²) >= 11 is 0. The van der Waals surface area contributed by atoms with Gasteiger partial charge in [0.15, 0.2) is 0 Å². The van der Waals surface area contributed by atoms with Gasteiger partial charge in [0, 0.05) is 0 Å². The van der Waals surface area contributed by atoms with Gasteiger partial charge in [-0.25, -0.2) is 14.0 Å². The van der Waals surface area contributed by atoms with Crippen LogP contribution < -0.4 is 10.6 Å². The standard InChI is InChI=1S/C24H19FN6O4/c1-34-23(32)20-19(14-6-4-3-5-7-14)16(11-26)22(27)31(21(20)24(33)35-2)18-10-15(8-9-17(18)25)30-12-28-29-13-30/h3-10,12-13,19H,27H2,1-2H3. The van der Waals surface area contributed by atoms with E-state index in [1.165, 1.54) is 29.4 Å². The second-order valence-electron chi connectivity index (χ2n) is 7.34. The number of nitrogens with zero attached hydrogens (tertiary/aromatic N) is 5. The van der Waals surface area contributed by atoms with E-state index in [1.54, 1.807) is 30.3 Å². The number of esters is 2. The molecule has 0 spiro atoms. The Balaban J connectivity index is 2.06. The van der Waals surface area contributed by atoms with Crippen molar-refractivity contribution >= 4 is 17.6 Å². The van der Waals surface area contributed by atoms with E-state index in [9.17, 15) is 14.9 Å². The van der Waals surface area contributed by atoms with Crippen molar-refractivity contribution in [2.75, 3.05) is 19.1 Å². The average Bonchev–Trinajstić information content (AvgIpc) is 3.43. The van der Waals surface area contributed by atoms with E-state index >= 15 is 4.39 Å². The van der Waals surface area contributed by atoms with E-state index in [4.69, 9.17) is 15.2 Å². The van der Waals surface area contributed by atoms with Gasteiger partial charge in [0.25, 0.3) is 0 Å². The molecule has 1 atom stereocenters. The number of carbonyl (C=O) groups excluding carboxylic acids is 2. The van der Waals surface area contributed by atoms with Crippen LogP contribution in [0.3, 0.4) is 0 Å². The quantitative estimate of drug-likeness (QED) is 0.552. The SMILES string of the molecule is COC(=O)C1=C(C(=O)OC)N(c2cc(-n3cnnc3)ccc2F)C(N)=C(C#N)C1c1ccccc1. The van der Waals surface area contributed by atoms with E-state index in [2.05, 4.69) is 10.2 Å². The van der Waals surface area contributed by atoms with E-state index in [0.29, 0.717) is 11.3 Å². The zero-order chi connectivity index (χ0) is 25.1. The monoisotopic (exact) mass is 474 g/mol. The number of hydrogen-bond donors (Lipinski definition) is 1. The van der Waals surface area contributed by atoms with Crippen LogP contribution in [-0.2, 0) is 19.1 Å². The Morgan fingerprint density at radius 3 is 2.31 bits per heavy atom. The summed E-state index contributed by atoms with van der Waals surface area (Å²) in [5, 5.41) is 17.5. The van der Waals surface area contributed by atoms with Crippen molar-refractivity contribution in [1.29, 1.82) is 5.26 Å². The maximum absolute atomic E-state index is 15.2. The molecule has 35 heavy (non-hydrogen) atoms. The zero-order valence-electron chi connectivity index (χ0n) is 18.7. The van der Waals surface area contributed by atoms with Crippen molar-refractivity contribution in [3.05, 3.63) is 95.2 Å². The molecule has 1 aliphatic heterocycles. The molecule has 2 aromatic carbocycles. The van der Waals surface area contributed by atoms with Crippen molar-refractivity contribution in [2.24, 2.45) is 5.73 Å². The smallest absolute Gasteiger partial charge is 0.355 e. The minimum Gasteiger partial charge on any atom is -0.466 e. The van der Waals surface area contributed by atoms with Gasteiger partial charge in [-0.05, 0) is 23.8 Å². The highest BCUT2D eigenvalue weighted by atomic mass is 19.1. The van der Waals surface area contributed by atoms with Crippen molar-refractivity contribution in [3.8, 4) is 11.8 Å². The third kappa shape index (κ3) is 3.97. The molecule has 4 rings (SSSR count). The van der Waals surface area contributed by atoms with Crippen LogP contribution in [-0.4, -0.2) is 40.9 Å². The van der Waals surface area contributed by atoms with Crippen LogP contribution in [0.25, 0.3) is 5.69 Å². The molecular formula is C24H19FN6O4. The summed E-state index contributed by atoms with van der Waals surface area (Å²) in [5.41, 5.74) is 6.49. The fourth-order valence-electron chi connectivity index (χ4n) is 3.93. The summed E-state index contributed by atoms with van der Waals surface area (Å²) in [6, 6.07) is 14.5. The highest BCUT2D eigenvalue weighted by molar-refractivity contribution is 6.06. The molecule has 176 valence electrons. The van der Waals surface area contributed by atoms with Crippen molar-refractivity contribution in [3.63, 3.8) is 0 Å². The Labute approximate surface area is 199 Å². The molecule has 0 bridgehead atoms. The molecule has 3 aromatic rings. The number of ether oxygens (including phenoxy) is 2. The lowest BCUT2D eigenvalue weighted by Crippen LogP contribution is -2.41. The Bertz CT molecular complexity index is 1390. The van der Waals surface area contributed by atoms with Gasteiger partial charge >= 0.3 is 11.9 Å². The number of aromatic nitrogens is 3. The summed E-state index contributed by atoms with van der Waals surface area (Å²) in [5.74, 6) is -3.94. The number of allylic oxidation sites excluding steroid dienone is 1. The number of carbonyl (C=O) groups is 2. The summed E-state index contributed by atoms with van der Waals surface area (Å²) in [4.78, 5) is 27.1. The number of halogens is 1. The first-order valence-corrected chi connectivity index (χ1v) is 10.2. The van der Waals surface area contributed by atoms with Gasteiger partial charge in [-0.2, -0.15) is 5.26 Å². The van der Waals surface area contributed by atoms with Crippen LogP contribution >= 0.6 is 0 Å². The lowest BCUT2D eigenvalue weighted by Gasteiger charge is -2.36. The molecule has 0 saturated heterocycles. The molecule has 0 saturated carbocycles. The number of benzene rings is 2. The Hall–Kier alpha value is -4.98. The van der Waals surface area contributed by atoms with Gasteiger partial charge in [0.1, 0.15) is 30.0 Å². The minimum absolute atomic E-state index is 0.0710. The molecule has 0 fully saturated rings. The molecule has 0 radical (unpaired) electrons. The molecule has 10 nitrogen and oxygen atoms in total. The average molecular weight is 474 g/mol. The summed E-state index contributed by atoms with van der Waals surface area (Å²) in [6.07, 6.45) is 2.80. The van der Waals surface area contributed by atoms with Crippen LogP contribution in [0.4, 0.5) is 10.1 Å². The van der Waals surface area contributed by atoms with Gasteiger partial charge in [0.2, 0.25) is 0 Å². The predicted octanol–water partition coefficient (Wildman–Crippen LogP) is 2.30. The fourth-order valence-corrected chi connectivity index (χ4v) is 3.93. The first-order valence-electron chi connectivity index (χ1n) is 10.2. The van der Waals surface area contributed by atoms with Gasteiger partial charge in [-0.3, -0.25) is 9.47 Å². The normalized spacial score (nSPS) is 15.6. The van der Waals surface area contributed by atoms with Gasteiger partial charge in [0.05, 0.1) is 48.7 Å². The lowest BCUT2D eigenvalue weighted by atomic mass is 9.81. The largest absolute Gasteiger partial charge is 0.466 e. The maximum atomic E-state index is 15.2. The molecule has 1 unspecified atom stereocenters. The van der Waals surface area contributed by atoms with Gasteiger partial charge in [-0.15, -0.1) is 10.2 Å². The highest BCUT2D eigenvalue weighted by Gasteiger charge is 2.43. The van der Waals surface area contributed by atoms with Crippen molar-refractivity contribution in [1.82, 2.24) is 14.8 Å². The third-order valence-corrected chi connectivity index (χ3v) is 5.50. The van der Waals surface area contributed by atoms with Crippen LogP contribution in [0.1, 0.15) is 11.5 Å². The Kier molecular flexibility index (Phi) is 6.28. The molecule has 2 heterocycles. The predicted molar refractivity (Wildman–Crippen MR) is 121 cm³/mol. The molecule has 0 amide bonds. The number of rotatable bonds is 5. The molecule has 1 aromatic heterocycles. The molecule has 1 aliphatic rings. The minimum atomic E-state index is -1.05. The van der Waals surface area contributed by atoms with E-state index in [-0.39, 0.29) is 28.4 Å². The van der Waals surface area contributed by atoms with Gasteiger partial charge < -0.3 is 15.2 Å². The summed E-state index contributed by atoms with van der Waals surface area (Å²) < 4.78 is 26.7. The van der Waals surface area contributed by atoms with Crippen molar-refractivity contribution < 1.29 is 23.5 Å². The number of nitriles is 1.